The van der Waals surface area contributed by atoms with Crippen LogP contribution in [0.4, 0.5) is 0 Å². The van der Waals surface area contributed by atoms with Crippen molar-refractivity contribution >= 4 is 23.5 Å². The minimum Gasteiger partial charge on any atom is -0.493 e. The van der Waals surface area contributed by atoms with Crippen molar-refractivity contribution in [2.45, 2.75) is 52.6 Å². The summed E-state index contributed by atoms with van der Waals surface area (Å²) in [6.45, 7) is 7.66. The van der Waals surface area contributed by atoms with Gasteiger partial charge in [-0.3, -0.25) is 9.59 Å². The number of dihydropyridines is 1. The average molecular weight is 501 g/mol. The van der Waals surface area contributed by atoms with Crippen LogP contribution in [0.3, 0.4) is 0 Å². The number of ether oxygens (including phenoxy) is 4. The normalized spacial score (nSPS) is 19.1. The largest absolute Gasteiger partial charge is 0.493 e. The maximum absolute atomic E-state index is 13.4. The molecule has 188 valence electrons. The highest BCUT2D eigenvalue weighted by atomic mass is 32.2. The molecule has 0 aromatic heterocycles. The molecule has 0 saturated carbocycles. The van der Waals surface area contributed by atoms with Crippen LogP contribution in [0.15, 0.2) is 34.0 Å². The summed E-state index contributed by atoms with van der Waals surface area (Å²) in [6, 6.07) is 5.82. The number of rotatable bonds is 8. The van der Waals surface area contributed by atoms with Crippen LogP contribution in [0.5, 0.6) is 17.2 Å². The number of nitriles is 1. The number of carbonyl (C=O) groups is 2. The van der Waals surface area contributed by atoms with E-state index in [2.05, 4.69) is 11.4 Å². The summed E-state index contributed by atoms with van der Waals surface area (Å²) in [5, 5.41) is 14.1. The molecule has 1 atom stereocenters. The molecule has 9 heteroatoms. The first kappa shape index (κ1) is 26.5. The van der Waals surface area contributed by atoms with Gasteiger partial charge in [-0.25, -0.2) is 0 Å². The Morgan fingerprint density at radius 1 is 1.17 bits per heavy atom. The number of nitrogens with one attached hydrogen (secondary N) is 1. The van der Waals surface area contributed by atoms with Gasteiger partial charge in [0.05, 0.1) is 55.8 Å². The Morgan fingerprint density at radius 2 is 1.80 bits per heavy atom. The number of nitrogens with zero attached hydrogens (tertiary/aromatic N) is 1. The quantitative estimate of drug-likeness (QED) is 0.518. The van der Waals surface area contributed by atoms with Gasteiger partial charge < -0.3 is 24.3 Å². The van der Waals surface area contributed by atoms with Gasteiger partial charge in [0.15, 0.2) is 17.3 Å². The van der Waals surface area contributed by atoms with Gasteiger partial charge in [-0.2, -0.15) is 5.26 Å². The van der Waals surface area contributed by atoms with Crippen LogP contribution in [-0.4, -0.2) is 44.9 Å². The van der Waals surface area contributed by atoms with E-state index in [1.54, 1.807) is 26.0 Å². The second-order valence-corrected chi connectivity index (χ2v) is 10.5. The van der Waals surface area contributed by atoms with Crippen molar-refractivity contribution in [2.24, 2.45) is 5.41 Å². The maximum Gasteiger partial charge on any atom is 0.316 e. The predicted octanol–water partition coefficient (Wildman–Crippen LogP) is 4.46. The molecule has 0 fully saturated rings. The van der Waals surface area contributed by atoms with Gasteiger partial charge in [-0.15, -0.1) is 0 Å². The highest BCUT2D eigenvalue weighted by molar-refractivity contribution is 8.03. The molecule has 0 unspecified atom stereocenters. The van der Waals surface area contributed by atoms with E-state index >= 15 is 0 Å². The molecule has 35 heavy (non-hydrogen) atoms. The number of ketones is 1. The van der Waals surface area contributed by atoms with Crippen LogP contribution in [0.1, 0.15) is 52.0 Å². The Kier molecular flexibility index (Phi) is 8.06. The van der Waals surface area contributed by atoms with Crippen molar-refractivity contribution in [3.63, 3.8) is 0 Å². The number of methoxy groups -OCH3 is 3. The number of hydrogen-bond acceptors (Lipinski definition) is 9. The Hall–Kier alpha value is -3.12. The topological polar surface area (TPSA) is 107 Å². The molecule has 1 aliphatic heterocycles. The monoisotopic (exact) mass is 500 g/mol. The zero-order valence-electron chi connectivity index (χ0n) is 21.2. The molecule has 1 N–H and O–H groups in total. The lowest BCUT2D eigenvalue weighted by molar-refractivity contribution is -0.144. The average Bonchev–Trinajstić information content (AvgIpc) is 2.79. The number of esters is 1. The number of Topliss-reactive ketones (excluding diaryl/α,β-unsaturated/α-hetero) is 1. The molecular formula is C26H32N2O6S. The molecule has 8 nitrogen and oxygen atoms in total. The molecule has 0 bridgehead atoms. The van der Waals surface area contributed by atoms with Crippen LogP contribution in [0.2, 0.25) is 0 Å². The van der Waals surface area contributed by atoms with Crippen LogP contribution in [0.25, 0.3) is 0 Å². The first-order valence-electron chi connectivity index (χ1n) is 11.3. The molecule has 1 aromatic carbocycles. The zero-order valence-corrected chi connectivity index (χ0v) is 22.1. The molecule has 0 spiro atoms. The summed E-state index contributed by atoms with van der Waals surface area (Å²) < 4.78 is 21.8. The van der Waals surface area contributed by atoms with Crippen LogP contribution >= 0.6 is 11.8 Å². The van der Waals surface area contributed by atoms with E-state index in [0.29, 0.717) is 51.8 Å². The highest BCUT2D eigenvalue weighted by Gasteiger charge is 2.42. The van der Waals surface area contributed by atoms with Gasteiger partial charge in [0.25, 0.3) is 0 Å². The minimum atomic E-state index is -0.642. The highest BCUT2D eigenvalue weighted by Crippen LogP contribution is 2.50. The van der Waals surface area contributed by atoms with Crippen molar-refractivity contribution in [1.29, 1.82) is 5.26 Å². The fourth-order valence-electron chi connectivity index (χ4n) is 4.52. The van der Waals surface area contributed by atoms with E-state index in [0.717, 1.165) is 5.70 Å². The van der Waals surface area contributed by atoms with Crippen molar-refractivity contribution < 1.29 is 28.5 Å². The summed E-state index contributed by atoms with van der Waals surface area (Å²) in [7, 11) is 4.56. The third-order valence-electron chi connectivity index (χ3n) is 5.85. The number of benzene rings is 1. The first-order chi connectivity index (χ1) is 16.5. The second-order valence-electron chi connectivity index (χ2n) is 9.53. The first-order valence-corrected chi connectivity index (χ1v) is 12.3. The number of carbonyl (C=O) groups excluding carboxylic acids is 2. The fourth-order valence-corrected chi connectivity index (χ4v) is 5.36. The van der Waals surface area contributed by atoms with E-state index in [4.69, 9.17) is 18.9 Å². The summed E-state index contributed by atoms with van der Waals surface area (Å²) in [5.74, 6) is 0.285. The molecule has 1 aliphatic carbocycles. The predicted molar refractivity (Wildman–Crippen MR) is 133 cm³/mol. The van der Waals surface area contributed by atoms with Crippen LogP contribution in [-0.2, 0) is 14.3 Å². The van der Waals surface area contributed by atoms with Crippen molar-refractivity contribution in [2.75, 3.05) is 27.1 Å². The third-order valence-corrected chi connectivity index (χ3v) is 6.84. The molecule has 0 radical (unpaired) electrons. The molecule has 0 amide bonds. The fraction of sp³-hybridized carbons (Fsp3) is 0.500. The number of thioether (sulfide) groups is 1. The third kappa shape index (κ3) is 5.59. The van der Waals surface area contributed by atoms with Crippen molar-refractivity contribution in [3.05, 3.63) is 39.6 Å². The Labute approximate surface area is 210 Å². The SMILES string of the molecule is COc1cc([C@@H]2C(C#N)=C(SCC(=O)OC(C)C)NC3=C2C(=O)CC(C)(C)C3)cc(OC)c1OC. The van der Waals surface area contributed by atoms with Crippen molar-refractivity contribution in [1.82, 2.24) is 5.32 Å². The standard InChI is InChI=1S/C26H32N2O6S/c1-14(2)34-21(30)13-35-25-16(12-27)22(23-17(28-25)10-26(3,4)11-18(23)29)15-8-19(31-5)24(33-7)20(9-15)32-6/h8-9,14,22,28H,10-11,13H2,1-7H3/t22-/m1/s1. The van der Waals surface area contributed by atoms with E-state index in [-0.39, 0.29) is 29.0 Å². The lowest BCUT2D eigenvalue weighted by atomic mass is 9.69. The number of hydrogen-bond donors (Lipinski definition) is 1. The van der Waals surface area contributed by atoms with Gasteiger partial charge in [0.2, 0.25) is 5.75 Å². The summed E-state index contributed by atoms with van der Waals surface area (Å²) in [5.41, 5.74) is 2.11. The van der Waals surface area contributed by atoms with Gasteiger partial charge >= 0.3 is 5.97 Å². The summed E-state index contributed by atoms with van der Waals surface area (Å²) in [4.78, 5) is 25.6. The molecular weight excluding hydrogens is 468 g/mol. The van der Waals surface area contributed by atoms with E-state index in [1.165, 1.54) is 33.1 Å². The Bertz CT molecular complexity index is 1100. The molecule has 1 aromatic rings. The summed E-state index contributed by atoms with van der Waals surface area (Å²) >= 11 is 1.20. The van der Waals surface area contributed by atoms with Crippen LogP contribution < -0.4 is 19.5 Å². The van der Waals surface area contributed by atoms with Gasteiger partial charge in [0.1, 0.15) is 0 Å². The van der Waals surface area contributed by atoms with Gasteiger partial charge in [-0.1, -0.05) is 25.6 Å². The van der Waals surface area contributed by atoms with Crippen molar-refractivity contribution in [3.8, 4) is 23.3 Å². The maximum atomic E-state index is 13.4. The molecule has 3 rings (SSSR count). The summed E-state index contributed by atoms with van der Waals surface area (Å²) in [6.07, 6.45) is 0.773. The van der Waals surface area contributed by atoms with E-state index in [9.17, 15) is 14.9 Å². The smallest absolute Gasteiger partial charge is 0.316 e. The lowest BCUT2D eigenvalue weighted by Gasteiger charge is -2.39. The Balaban J connectivity index is 2.17. The molecule has 2 aliphatic rings. The molecule has 0 saturated heterocycles. The van der Waals surface area contributed by atoms with E-state index < -0.39 is 5.92 Å². The number of allylic oxidation sites excluding steroid dienone is 3. The minimum absolute atomic E-state index is 0.0153. The second kappa shape index (κ2) is 10.6. The lowest BCUT2D eigenvalue weighted by Crippen LogP contribution is -2.37. The molecule has 1 heterocycles. The van der Waals surface area contributed by atoms with E-state index in [1.807, 2.05) is 13.8 Å². The van der Waals surface area contributed by atoms with Crippen LogP contribution in [0, 0.1) is 16.7 Å². The Morgan fingerprint density at radius 3 is 2.31 bits per heavy atom. The van der Waals surface area contributed by atoms with Gasteiger partial charge in [0, 0.05) is 17.7 Å². The van der Waals surface area contributed by atoms with Gasteiger partial charge in [-0.05, 0) is 43.4 Å². The zero-order chi connectivity index (χ0) is 25.9.